The molecule has 0 aliphatic heterocycles. The van der Waals surface area contributed by atoms with Crippen LogP contribution in [0.15, 0.2) is 0 Å². The first-order chi connectivity index (χ1) is 7.65. The second-order valence-corrected chi connectivity index (χ2v) is 6.36. The van der Waals surface area contributed by atoms with Gasteiger partial charge in [0.05, 0.1) is 0 Å². The standard InChI is InChI=1S/C10H23NO4Si/c1-4-9(16(14-2)15-3)7-5-6-8-11-10(12)13/h9,11,16H,4-8H2,1-3H3,(H,12,13). The van der Waals surface area contributed by atoms with E-state index < -0.39 is 15.4 Å². The summed E-state index contributed by atoms with van der Waals surface area (Å²) in [6.45, 7) is 2.66. The first-order valence-electron chi connectivity index (χ1n) is 5.68. The van der Waals surface area contributed by atoms with Crippen LogP contribution < -0.4 is 5.32 Å². The smallest absolute Gasteiger partial charge is 0.404 e. The summed E-state index contributed by atoms with van der Waals surface area (Å²) in [5.74, 6) is 0. The van der Waals surface area contributed by atoms with Gasteiger partial charge in [0.1, 0.15) is 0 Å². The Kier molecular flexibility index (Phi) is 9.26. The van der Waals surface area contributed by atoms with Crippen LogP contribution in [0, 0.1) is 0 Å². The molecule has 0 aliphatic carbocycles. The highest BCUT2D eigenvalue weighted by Crippen LogP contribution is 2.23. The van der Waals surface area contributed by atoms with Crippen molar-refractivity contribution in [2.45, 2.75) is 38.1 Å². The van der Waals surface area contributed by atoms with Gasteiger partial charge >= 0.3 is 15.4 Å². The van der Waals surface area contributed by atoms with Crippen molar-refractivity contribution in [3.63, 3.8) is 0 Å². The average Bonchev–Trinajstić information content (AvgIpc) is 2.27. The van der Waals surface area contributed by atoms with Crippen LogP contribution in [0.3, 0.4) is 0 Å². The Balaban J connectivity index is 3.66. The third-order valence-electron chi connectivity index (χ3n) is 2.65. The van der Waals surface area contributed by atoms with Crippen molar-refractivity contribution in [1.82, 2.24) is 5.32 Å². The van der Waals surface area contributed by atoms with Crippen LogP contribution in [0.4, 0.5) is 4.79 Å². The summed E-state index contributed by atoms with van der Waals surface area (Å²) in [4.78, 5) is 10.2. The van der Waals surface area contributed by atoms with Crippen LogP contribution in [0.2, 0.25) is 5.54 Å². The zero-order valence-electron chi connectivity index (χ0n) is 10.4. The van der Waals surface area contributed by atoms with Crippen molar-refractivity contribution >= 4 is 15.4 Å². The Morgan fingerprint density at radius 3 is 2.44 bits per heavy atom. The molecule has 0 heterocycles. The van der Waals surface area contributed by atoms with Gasteiger partial charge in [-0.25, -0.2) is 4.79 Å². The molecule has 0 bridgehead atoms. The zero-order valence-corrected chi connectivity index (χ0v) is 11.5. The van der Waals surface area contributed by atoms with Crippen LogP contribution in [-0.2, 0) is 8.85 Å². The molecule has 0 saturated heterocycles. The van der Waals surface area contributed by atoms with E-state index in [1.54, 1.807) is 14.2 Å². The first kappa shape index (κ1) is 15.4. The molecule has 0 fully saturated rings. The highest BCUT2D eigenvalue weighted by atomic mass is 28.3. The summed E-state index contributed by atoms with van der Waals surface area (Å²) >= 11 is 0. The quantitative estimate of drug-likeness (QED) is 0.482. The summed E-state index contributed by atoms with van der Waals surface area (Å²) in [7, 11) is 1.89. The van der Waals surface area contributed by atoms with Crippen molar-refractivity contribution in [3.05, 3.63) is 0 Å². The number of amides is 1. The van der Waals surface area contributed by atoms with Gasteiger partial charge in [-0.2, -0.15) is 0 Å². The predicted molar refractivity (Wildman–Crippen MR) is 65.1 cm³/mol. The fourth-order valence-electron chi connectivity index (χ4n) is 1.74. The van der Waals surface area contributed by atoms with Crippen LogP contribution in [0.25, 0.3) is 0 Å². The normalized spacial score (nSPS) is 12.8. The van der Waals surface area contributed by atoms with Crippen molar-refractivity contribution in [2.75, 3.05) is 20.8 Å². The van der Waals surface area contributed by atoms with Gasteiger partial charge in [0, 0.05) is 20.8 Å². The zero-order chi connectivity index (χ0) is 12.4. The van der Waals surface area contributed by atoms with E-state index in [4.69, 9.17) is 14.0 Å². The van der Waals surface area contributed by atoms with Gasteiger partial charge in [0.2, 0.25) is 0 Å². The molecule has 0 saturated carbocycles. The lowest BCUT2D eigenvalue weighted by Crippen LogP contribution is -2.26. The lowest BCUT2D eigenvalue weighted by atomic mass is 10.1. The molecule has 2 N–H and O–H groups in total. The molecule has 1 atom stereocenters. The minimum Gasteiger partial charge on any atom is -0.465 e. The molecule has 0 radical (unpaired) electrons. The molecule has 0 aromatic heterocycles. The van der Waals surface area contributed by atoms with Crippen molar-refractivity contribution in [2.24, 2.45) is 0 Å². The molecule has 96 valence electrons. The number of hydrogen-bond donors (Lipinski definition) is 2. The maximum atomic E-state index is 10.2. The molecule has 6 heteroatoms. The van der Waals surface area contributed by atoms with E-state index in [1.165, 1.54) is 0 Å². The van der Waals surface area contributed by atoms with Crippen molar-refractivity contribution in [3.8, 4) is 0 Å². The van der Waals surface area contributed by atoms with E-state index in [2.05, 4.69) is 12.2 Å². The van der Waals surface area contributed by atoms with Gasteiger partial charge in [0.15, 0.2) is 0 Å². The molecule has 0 rings (SSSR count). The Morgan fingerprint density at radius 2 is 2.00 bits per heavy atom. The SMILES string of the molecule is CCC(CCCCNC(=O)O)[SiH](OC)OC. The number of hydrogen-bond acceptors (Lipinski definition) is 3. The highest BCUT2D eigenvalue weighted by molar-refractivity contribution is 6.46. The van der Waals surface area contributed by atoms with E-state index >= 15 is 0 Å². The van der Waals surface area contributed by atoms with E-state index in [9.17, 15) is 4.79 Å². The molecular formula is C10H23NO4Si. The number of unbranched alkanes of at least 4 members (excludes halogenated alkanes) is 1. The third-order valence-corrected chi connectivity index (χ3v) is 5.16. The Bertz CT molecular complexity index is 188. The monoisotopic (exact) mass is 249 g/mol. The Labute approximate surface area is 99.0 Å². The molecule has 16 heavy (non-hydrogen) atoms. The maximum absolute atomic E-state index is 10.2. The van der Waals surface area contributed by atoms with E-state index in [-0.39, 0.29) is 0 Å². The van der Waals surface area contributed by atoms with Crippen molar-refractivity contribution < 1.29 is 18.8 Å². The number of carbonyl (C=O) groups is 1. The maximum Gasteiger partial charge on any atom is 0.404 e. The minimum atomic E-state index is -1.52. The third kappa shape index (κ3) is 6.81. The van der Waals surface area contributed by atoms with Crippen LogP contribution in [0.1, 0.15) is 32.6 Å². The van der Waals surface area contributed by atoms with Gasteiger partial charge in [0.25, 0.3) is 0 Å². The second-order valence-electron chi connectivity index (χ2n) is 3.74. The lowest BCUT2D eigenvalue weighted by molar-refractivity contribution is 0.194. The highest BCUT2D eigenvalue weighted by Gasteiger charge is 2.21. The minimum absolute atomic E-state index is 0.514. The molecule has 1 unspecified atom stereocenters. The fourth-order valence-corrected chi connectivity index (χ4v) is 3.60. The molecule has 0 aliphatic rings. The van der Waals surface area contributed by atoms with Crippen molar-refractivity contribution in [1.29, 1.82) is 0 Å². The Morgan fingerprint density at radius 1 is 1.38 bits per heavy atom. The molecule has 1 amide bonds. The summed E-state index contributed by atoms with van der Waals surface area (Å²) in [5, 5.41) is 10.7. The van der Waals surface area contributed by atoms with Gasteiger partial charge in [-0.1, -0.05) is 19.8 Å². The van der Waals surface area contributed by atoms with Crippen LogP contribution in [0.5, 0.6) is 0 Å². The molecular weight excluding hydrogens is 226 g/mol. The van der Waals surface area contributed by atoms with Crippen LogP contribution in [-0.4, -0.2) is 41.2 Å². The summed E-state index contributed by atoms with van der Waals surface area (Å²) in [6.07, 6.45) is 3.04. The largest absolute Gasteiger partial charge is 0.465 e. The topological polar surface area (TPSA) is 67.8 Å². The average molecular weight is 249 g/mol. The van der Waals surface area contributed by atoms with Gasteiger partial charge < -0.3 is 19.3 Å². The number of rotatable bonds is 9. The second kappa shape index (κ2) is 9.62. The summed E-state index contributed by atoms with van der Waals surface area (Å²) in [6, 6.07) is 0. The Hall–Kier alpha value is -0.593. The van der Waals surface area contributed by atoms with E-state index in [1.807, 2.05) is 0 Å². The van der Waals surface area contributed by atoms with Crippen LogP contribution >= 0.6 is 0 Å². The van der Waals surface area contributed by atoms with Gasteiger partial charge in [-0.3, -0.25) is 0 Å². The van der Waals surface area contributed by atoms with Gasteiger partial charge in [-0.15, -0.1) is 0 Å². The summed E-state index contributed by atoms with van der Waals surface area (Å²) < 4.78 is 10.7. The van der Waals surface area contributed by atoms with E-state index in [0.29, 0.717) is 12.1 Å². The summed E-state index contributed by atoms with van der Waals surface area (Å²) in [5.41, 5.74) is 0.514. The predicted octanol–water partition coefficient (Wildman–Crippen LogP) is 1.72. The molecule has 0 aromatic carbocycles. The lowest BCUT2D eigenvalue weighted by Gasteiger charge is -2.21. The van der Waals surface area contributed by atoms with Gasteiger partial charge in [-0.05, 0) is 18.4 Å². The first-order valence-corrected chi connectivity index (χ1v) is 7.29. The number of carboxylic acid groups (broad SMARTS) is 1. The molecule has 5 nitrogen and oxygen atoms in total. The molecule has 0 spiro atoms. The van der Waals surface area contributed by atoms with E-state index in [0.717, 1.165) is 25.7 Å². The number of nitrogens with one attached hydrogen (secondary N) is 1. The molecule has 0 aromatic rings. The fraction of sp³-hybridized carbons (Fsp3) is 0.900.